The first-order valence-corrected chi connectivity index (χ1v) is 8.94. The number of rotatable bonds is 6. The van der Waals surface area contributed by atoms with E-state index in [1.54, 1.807) is 27.7 Å². The summed E-state index contributed by atoms with van der Waals surface area (Å²) in [4.78, 5) is 38.6. The molecule has 2 aliphatic heterocycles. The fourth-order valence-corrected chi connectivity index (χ4v) is 3.34. The second-order valence-corrected chi connectivity index (χ2v) is 7.48. The Balaban J connectivity index is 2.13. The van der Waals surface area contributed by atoms with E-state index in [4.69, 9.17) is 9.47 Å². The Morgan fingerprint density at radius 2 is 1.58 bits per heavy atom. The molecule has 2 aliphatic rings. The Bertz CT molecular complexity index is 476. The third kappa shape index (κ3) is 3.63. The predicted molar refractivity (Wildman–Crippen MR) is 88.3 cm³/mol. The van der Waals surface area contributed by atoms with Crippen LogP contribution in [0.25, 0.3) is 0 Å². The van der Waals surface area contributed by atoms with Gasteiger partial charge in [0.15, 0.2) is 11.3 Å². The van der Waals surface area contributed by atoms with Crippen molar-refractivity contribution in [3.8, 4) is 0 Å². The summed E-state index contributed by atoms with van der Waals surface area (Å²) >= 11 is 0. The second-order valence-electron chi connectivity index (χ2n) is 7.48. The molecule has 0 N–H and O–H groups in total. The SMILES string of the molecule is CC(C)C(=O)OCC1(COC(=O)C(C)C)C(=O)C2CCCCCN21. The largest absolute Gasteiger partial charge is 0.463 e. The Kier molecular flexibility index (Phi) is 6.01. The number of Topliss-reactive ketones (excluding diaryl/α,β-unsaturated/α-hetero) is 1. The summed E-state index contributed by atoms with van der Waals surface area (Å²) in [7, 11) is 0. The average molecular weight is 339 g/mol. The van der Waals surface area contributed by atoms with Gasteiger partial charge in [0.2, 0.25) is 0 Å². The average Bonchev–Trinajstić information content (AvgIpc) is 2.77. The van der Waals surface area contributed by atoms with Crippen LogP contribution in [0.2, 0.25) is 0 Å². The van der Waals surface area contributed by atoms with Gasteiger partial charge < -0.3 is 9.47 Å². The van der Waals surface area contributed by atoms with Crippen LogP contribution in [0.4, 0.5) is 0 Å². The molecule has 0 aromatic rings. The zero-order chi connectivity index (χ0) is 17.9. The highest BCUT2D eigenvalue weighted by atomic mass is 16.6. The van der Waals surface area contributed by atoms with Crippen molar-refractivity contribution in [1.29, 1.82) is 0 Å². The molecule has 0 amide bonds. The fraction of sp³-hybridized carbons (Fsp3) is 0.833. The predicted octanol–water partition coefficient (Wildman–Crippen LogP) is 1.95. The van der Waals surface area contributed by atoms with Gasteiger partial charge in [-0.3, -0.25) is 19.3 Å². The molecule has 6 heteroatoms. The zero-order valence-corrected chi connectivity index (χ0v) is 15.2. The van der Waals surface area contributed by atoms with Gasteiger partial charge in [-0.1, -0.05) is 40.5 Å². The van der Waals surface area contributed by atoms with Crippen molar-refractivity contribution in [2.45, 2.75) is 65.0 Å². The monoisotopic (exact) mass is 339 g/mol. The maximum absolute atomic E-state index is 12.8. The van der Waals surface area contributed by atoms with Gasteiger partial charge in [0.05, 0.1) is 17.9 Å². The Hall–Kier alpha value is -1.43. The first kappa shape index (κ1) is 18.9. The molecule has 0 aromatic carbocycles. The topological polar surface area (TPSA) is 72.9 Å². The molecule has 24 heavy (non-hydrogen) atoms. The van der Waals surface area contributed by atoms with Gasteiger partial charge in [0.1, 0.15) is 13.2 Å². The summed E-state index contributed by atoms with van der Waals surface area (Å²) in [5.41, 5.74) is -0.996. The molecule has 2 saturated heterocycles. The molecule has 0 radical (unpaired) electrons. The van der Waals surface area contributed by atoms with Gasteiger partial charge in [-0.05, 0) is 12.8 Å². The van der Waals surface area contributed by atoms with E-state index in [1.165, 1.54) is 0 Å². The molecule has 136 valence electrons. The molecular formula is C18H29NO5. The summed E-state index contributed by atoms with van der Waals surface area (Å²) in [5.74, 6) is -1.14. The van der Waals surface area contributed by atoms with E-state index in [9.17, 15) is 14.4 Å². The Morgan fingerprint density at radius 3 is 2.08 bits per heavy atom. The van der Waals surface area contributed by atoms with Crippen LogP contribution in [0, 0.1) is 11.8 Å². The van der Waals surface area contributed by atoms with E-state index in [0.717, 1.165) is 32.2 Å². The smallest absolute Gasteiger partial charge is 0.308 e. The van der Waals surface area contributed by atoms with Crippen LogP contribution in [-0.2, 0) is 23.9 Å². The van der Waals surface area contributed by atoms with Crippen LogP contribution in [0.5, 0.6) is 0 Å². The molecule has 0 spiro atoms. The number of ketones is 1. The minimum atomic E-state index is -0.996. The minimum absolute atomic E-state index is 0.0370. The number of ether oxygens (including phenoxy) is 2. The number of carbonyl (C=O) groups excluding carboxylic acids is 3. The van der Waals surface area contributed by atoms with Crippen LogP contribution < -0.4 is 0 Å². The lowest BCUT2D eigenvalue weighted by molar-refractivity contribution is -0.185. The van der Waals surface area contributed by atoms with Gasteiger partial charge in [0, 0.05) is 6.54 Å². The first-order chi connectivity index (χ1) is 11.3. The van der Waals surface area contributed by atoms with Crippen molar-refractivity contribution in [1.82, 2.24) is 4.90 Å². The lowest BCUT2D eigenvalue weighted by atomic mass is 9.76. The van der Waals surface area contributed by atoms with Crippen molar-refractivity contribution >= 4 is 17.7 Å². The number of hydrogen-bond donors (Lipinski definition) is 0. The van der Waals surface area contributed by atoms with Crippen molar-refractivity contribution in [2.24, 2.45) is 11.8 Å². The van der Waals surface area contributed by atoms with Crippen molar-refractivity contribution in [2.75, 3.05) is 19.8 Å². The van der Waals surface area contributed by atoms with Crippen molar-refractivity contribution < 1.29 is 23.9 Å². The van der Waals surface area contributed by atoms with E-state index in [0.29, 0.717) is 0 Å². The van der Waals surface area contributed by atoms with E-state index >= 15 is 0 Å². The quantitative estimate of drug-likeness (QED) is 0.689. The number of carbonyl (C=O) groups is 3. The van der Waals surface area contributed by atoms with E-state index in [2.05, 4.69) is 4.90 Å². The molecule has 0 aliphatic carbocycles. The van der Waals surface area contributed by atoms with Gasteiger partial charge in [-0.25, -0.2) is 0 Å². The molecule has 0 aromatic heterocycles. The zero-order valence-electron chi connectivity index (χ0n) is 15.2. The van der Waals surface area contributed by atoms with Gasteiger partial charge in [-0.15, -0.1) is 0 Å². The summed E-state index contributed by atoms with van der Waals surface area (Å²) in [6, 6.07) is -0.122. The number of hydrogen-bond acceptors (Lipinski definition) is 6. The normalized spacial score (nSPS) is 23.4. The molecule has 1 atom stereocenters. The molecule has 2 fully saturated rings. The number of esters is 2. The molecule has 2 heterocycles. The molecule has 1 unspecified atom stereocenters. The lowest BCUT2D eigenvalue weighted by Crippen LogP contribution is -2.77. The maximum atomic E-state index is 12.8. The van der Waals surface area contributed by atoms with Gasteiger partial charge >= 0.3 is 11.9 Å². The van der Waals surface area contributed by atoms with Crippen LogP contribution in [0.1, 0.15) is 53.4 Å². The minimum Gasteiger partial charge on any atom is -0.463 e. The van der Waals surface area contributed by atoms with E-state index < -0.39 is 5.54 Å². The lowest BCUT2D eigenvalue weighted by Gasteiger charge is -2.54. The van der Waals surface area contributed by atoms with Crippen molar-refractivity contribution in [3.05, 3.63) is 0 Å². The second kappa shape index (κ2) is 7.64. The van der Waals surface area contributed by atoms with Gasteiger partial charge in [-0.2, -0.15) is 0 Å². The summed E-state index contributed by atoms with van der Waals surface area (Å²) in [6.45, 7) is 7.72. The third-order valence-electron chi connectivity index (χ3n) is 4.91. The number of fused-ring (bicyclic) bond motifs is 1. The summed E-state index contributed by atoms with van der Waals surface area (Å²) in [5, 5.41) is 0. The molecular weight excluding hydrogens is 310 g/mol. The standard InChI is InChI=1S/C18H29NO5/c1-12(2)16(21)23-10-18(11-24-17(22)13(3)4)15(20)14-8-6-5-7-9-19(14)18/h12-14H,5-11H2,1-4H3. The Morgan fingerprint density at radius 1 is 1.04 bits per heavy atom. The Labute approximate surface area is 143 Å². The highest BCUT2D eigenvalue weighted by Crippen LogP contribution is 2.39. The summed E-state index contributed by atoms with van der Waals surface area (Å²) < 4.78 is 10.7. The maximum Gasteiger partial charge on any atom is 0.308 e. The van der Waals surface area contributed by atoms with E-state index in [1.807, 2.05) is 0 Å². The van der Waals surface area contributed by atoms with E-state index in [-0.39, 0.29) is 48.8 Å². The van der Waals surface area contributed by atoms with Crippen LogP contribution in [0.3, 0.4) is 0 Å². The highest BCUT2D eigenvalue weighted by Gasteiger charge is 2.61. The van der Waals surface area contributed by atoms with Gasteiger partial charge in [0.25, 0.3) is 0 Å². The van der Waals surface area contributed by atoms with Crippen LogP contribution >= 0.6 is 0 Å². The summed E-state index contributed by atoms with van der Waals surface area (Å²) in [6.07, 6.45) is 3.95. The molecule has 6 nitrogen and oxygen atoms in total. The first-order valence-electron chi connectivity index (χ1n) is 8.94. The van der Waals surface area contributed by atoms with Crippen LogP contribution in [0.15, 0.2) is 0 Å². The van der Waals surface area contributed by atoms with Crippen molar-refractivity contribution in [3.63, 3.8) is 0 Å². The molecule has 2 rings (SSSR count). The highest BCUT2D eigenvalue weighted by molar-refractivity contribution is 6.00. The molecule has 0 bridgehead atoms. The fourth-order valence-electron chi connectivity index (χ4n) is 3.34. The third-order valence-corrected chi connectivity index (χ3v) is 4.91. The number of nitrogens with zero attached hydrogens (tertiary/aromatic N) is 1. The van der Waals surface area contributed by atoms with Crippen LogP contribution in [-0.4, -0.2) is 54.0 Å². The molecule has 0 saturated carbocycles.